The Hall–Kier alpha value is -2.13. The van der Waals surface area contributed by atoms with Gasteiger partial charge in [-0.1, -0.05) is 19.8 Å². The molecule has 21 heavy (non-hydrogen) atoms. The van der Waals surface area contributed by atoms with E-state index in [1.54, 1.807) is 0 Å². The van der Waals surface area contributed by atoms with Crippen molar-refractivity contribution in [2.24, 2.45) is 11.7 Å². The highest BCUT2D eigenvalue weighted by molar-refractivity contribution is 5.65. The van der Waals surface area contributed by atoms with Gasteiger partial charge in [-0.25, -0.2) is 0 Å². The molecular weight excluding hydrogens is 268 g/mol. The van der Waals surface area contributed by atoms with E-state index in [4.69, 9.17) is 11.0 Å². The largest absolute Gasteiger partial charge is 0.372 e. The van der Waals surface area contributed by atoms with E-state index in [9.17, 15) is 10.1 Å². The molecular formula is C15H20N4O2. The minimum Gasteiger partial charge on any atom is -0.372 e. The molecule has 0 amide bonds. The van der Waals surface area contributed by atoms with Crippen LogP contribution < -0.4 is 11.1 Å². The minimum atomic E-state index is -0.429. The van der Waals surface area contributed by atoms with Gasteiger partial charge in [0.05, 0.1) is 22.1 Å². The molecule has 0 aliphatic heterocycles. The summed E-state index contributed by atoms with van der Waals surface area (Å²) in [6.45, 7) is 2.54. The van der Waals surface area contributed by atoms with Crippen LogP contribution in [0.5, 0.6) is 0 Å². The normalized spacial score (nSPS) is 25.1. The Labute approximate surface area is 124 Å². The zero-order chi connectivity index (χ0) is 15.5. The van der Waals surface area contributed by atoms with E-state index in [1.165, 1.54) is 18.2 Å². The second-order valence-electron chi connectivity index (χ2n) is 5.73. The van der Waals surface area contributed by atoms with Crippen LogP contribution in [-0.4, -0.2) is 17.0 Å². The fourth-order valence-electron chi connectivity index (χ4n) is 3.09. The molecule has 6 heteroatoms. The number of hydrogen-bond acceptors (Lipinski definition) is 5. The first kappa shape index (κ1) is 15.3. The molecule has 0 heterocycles. The van der Waals surface area contributed by atoms with Crippen LogP contribution in [0.1, 0.15) is 38.2 Å². The summed E-state index contributed by atoms with van der Waals surface area (Å²) in [5.41, 5.74) is 6.41. The van der Waals surface area contributed by atoms with Gasteiger partial charge in [-0.3, -0.25) is 10.1 Å². The van der Waals surface area contributed by atoms with E-state index in [0.29, 0.717) is 23.7 Å². The van der Waals surface area contributed by atoms with E-state index in [0.717, 1.165) is 25.7 Å². The first-order valence-corrected chi connectivity index (χ1v) is 7.19. The molecule has 1 aromatic carbocycles. The lowest BCUT2D eigenvalue weighted by molar-refractivity contribution is -0.384. The van der Waals surface area contributed by atoms with Gasteiger partial charge in [-0.05, 0) is 30.9 Å². The molecule has 2 atom stereocenters. The average molecular weight is 288 g/mol. The van der Waals surface area contributed by atoms with E-state index in [-0.39, 0.29) is 11.2 Å². The highest BCUT2D eigenvalue weighted by Crippen LogP contribution is 2.38. The van der Waals surface area contributed by atoms with Crippen molar-refractivity contribution in [1.82, 2.24) is 0 Å². The molecule has 112 valence electrons. The molecule has 1 saturated carbocycles. The van der Waals surface area contributed by atoms with Crippen LogP contribution in [-0.2, 0) is 0 Å². The Morgan fingerprint density at radius 1 is 1.57 bits per heavy atom. The van der Waals surface area contributed by atoms with Crippen molar-refractivity contribution in [3.63, 3.8) is 0 Å². The third-order valence-corrected chi connectivity index (χ3v) is 4.52. The highest BCUT2D eigenvalue weighted by Gasteiger charge is 2.38. The van der Waals surface area contributed by atoms with Crippen LogP contribution in [0, 0.1) is 27.4 Å². The Kier molecular flexibility index (Phi) is 4.43. The number of nitro groups is 1. The third-order valence-electron chi connectivity index (χ3n) is 4.52. The number of rotatable bonds is 4. The molecule has 2 unspecified atom stereocenters. The summed E-state index contributed by atoms with van der Waals surface area (Å²) in [5.74, 6) is 0.335. The predicted molar refractivity (Wildman–Crippen MR) is 80.9 cm³/mol. The lowest BCUT2D eigenvalue weighted by Crippen LogP contribution is -2.52. The maximum atomic E-state index is 11.2. The third kappa shape index (κ3) is 2.98. The molecule has 1 aliphatic rings. The van der Waals surface area contributed by atoms with Crippen LogP contribution in [0.3, 0.4) is 0 Å². The van der Waals surface area contributed by atoms with Crippen molar-refractivity contribution in [3.8, 4) is 6.07 Å². The molecule has 0 bridgehead atoms. The van der Waals surface area contributed by atoms with Crippen LogP contribution in [0.4, 0.5) is 11.4 Å². The van der Waals surface area contributed by atoms with Crippen molar-refractivity contribution in [3.05, 3.63) is 33.9 Å². The van der Waals surface area contributed by atoms with Crippen molar-refractivity contribution >= 4 is 11.4 Å². The average Bonchev–Trinajstić information content (AvgIpc) is 2.49. The number of benzene rings is 1. The monoisotopic (exact) mass is 288 g/mol. The van der Waals surface area contributed by atoms with Gasteiger partial charge in [-0.15, -0.1) is 0 Å². The molecule has 1 aromatic rings. The Morgan fingerprint density at radius 2 is 2.33 bits per heavy atom. The summed E-state index contributed by atoms with van der Waals surface area (Å²) in [6, 6.07) is 6.39. The van der Waals surface area contributed by atoms with E-state index in [2.05, 4.69) is 12.2 Å². The number of nitrogens with zero attached hydrogens (tertiary/aromatic N) is 2. The van der Waals surface area contributed by atoms with Crippen LogP contribution >= 0.6 is 0 Å². The van der Waals surface area contributed by atoms with Crippen molar-refractivity contribution in [2.75, 3.05) is 11.9 Å². The van der Waals surface area contributed by atoms with E-state index < -0.39 is 4.92 Å². The van der Waals surface area contributed by atoms with E-state index >= 15 is 0 Å². The predicted octanol–water partition coefficient (Wildman–Crippen LogP) is 2.79. The minimum absolute atomic E-state index is 0.0143. The molecule has 6 nitrogen and oxygen atoms in total. The van der Waals surface area contributed by atoms with Gasteiger partial charge < -0.3 is 11.1 Å². The SMILES string of the molecule is CC1CCCCC1(CN)Nc1cc(C#N)ccc1[N+](=O)[O-]. The molecule has 0 spiro atoms. The van der Waals surface area contributed by atoms with Gasteiger partial charge in [0.2, 0.25) is 0 Å². The van der Waals surface area contributed by atoms with Gasteiger partial charge >= 0.3 is 0 Å². The molecule has 0 radical (unpaired) electrons. The van der Waals surface area contributed by atoms with Gasteiger partial charge in [0.25, 0.3) is 5.69 Å². The molecule has 1 aliphatic carbocycles. The lowest BCUT2D eigenvalue weighted by atomic mass is 9.73. The number of nitriles is 1. The van der Waals surface area contributed by atoms with Crippen molar-refractivity contribution < 1.29 is 4.92 Å². The van der Waals surface area contributed by atoms with E-state index in [1.807, 2.05) is 6.07 Å². The summed E-state index contributed by atoms with van der Waals surface area (Å²) < 4.78 is 0. The molecule has 3 N–H and O–H groups in total. The number of anilines is 1. The number of nitrogens with one attached hydrogen (secondary N) is 1. The quantitative estimate of drug-likeness (QED) is 0.654. The summed E-state index contributed by atoms with van der Waals surface area (Å²) >= 11 is 0. The first-order valence-electron chi connectivity index (χ1n) is 7.19. The van der Waals surface area contributed by atoms with Gasteiger partial charge in [0, 0.05) is 12.6 Å². The molecule has 1 fully saturated rings. The number of nitrogens with two attached hydrogens (primary N) is 1. The maximum absolute atomic E-state index is 11.2. The second kappa shape index (κ2) is 6.10. The second-order valence-corrected chi connectivity index (χ2v) is 5.73. The van der Waals surface area contributed by atoms with Crippen molar-refractivity contribution in [2.45, 2.75) is 38.1 Å². The maximum Gasteiger partial charge on any atom is 0.292 e. The zero-order valence-corrected chi connectivity index (χ0v) is 12.1. The standard InChI is InChI=1S/C15H20N4O2/c1-11-4-2-3-7-15(11,10-17)18-13-8-12(9-16)5-6-14(13)19(20)21/h5-6,8,11,18H,2-4,7,10,17H2,1H3. The van der Waals surface area contributed by atoms with Gasteiger partial charge in [-0.2, -0.15) is 5.26 Å². The van der Waals surface area contributed by atoms with Crippen LogP contribution in [0.2, 0.25) is 0 Å². The highest BCUT2D eigenvalue weighted by atomic mass is 16.6. The lowest BCUT2D eigenvalue weighted by Gasteiger charge is -2.43. The fraction of sp³-hybridized carbons (Fsp3) is 0.533. The van der Waals surface area contributed by atoms with Crippen LogP contribution in [0.25, 0.3) is 0 Å². The number of nitro benzene ring substituents is 1. The molecule has 2 rings (SSSR count). The smallest absolute Gasteiger partial charge is 0.292 e. The fourth-order valence-corrected chi connectivity index (χ4v) is 3.09. The molecule has 0 saturated heterocycles. The summed E-state index contributed by atoms with van der Waals surface area (Å²) in [5, 5.41) is 23.5. The topological polar surface area (TPSA) is 105 Å². The van der Waals surface area contributed by atoms with Gasteiger partial charge in [0.15, 0.2) is 0 Å². The molecule has 0 aromatic heterocycles. The number of hydrogen-bond donors (Lipinski definition) is 2. The summed E-state index contributed by atoms with van der Waals surface area (Å²) in [6.07, 6.45) is 4.15. The van der Waals surface area contributed by atoms with Gasteiger partial charge in [0.1, 0.15) is 5.69 Å². The van der Waals surface area contributed by atoms with Crippen LogP contribution in [0.15, 0.2) is 18.2 Å². The Bertz CT molecular complexity index is 582. The summed E-state index contributed by atoms with van der Waals surface area (Å²) in [4.78, 5) is 10.8. The van der Waals surface area contributed by atoms with Crippen molar-refractivity contribution in [1.29, 1.82) is 5.26 Å². The Morgan fingerprint density at radius 3 is 2.90 bits per heavy atom. The zero-order valence-electron chi connectivity index (χ0n) is 12.1. The summed E-state index contributed by atoms with van der Waals surface area (Å²) in [7, 11) is 0. The first-order chi connectivity index (χ1) is 10.0. The Balaban J connectivity index is 2.40.